The zero-order chi connectivity index (χ0) is 25.5. The van der Waals surface area contributed by atoms with E-state index in [0.29, 0.717) is 0 Å². The van der Waals surface area contributed by atoms with Gasteiger partial charge in [-0.15, -0.1) is 0 Å². The smallest absolute Gasteiger partial charge is 0.0607 e. The average molecular weight is 507 g/mol. The van der Waals surface area contributed by atoms with Gasteiger partial charge in [-0.3, -0.25) is 0 Å². The van der Waals surface area contributed by atoms with Crippen molar-refractivity contribution in [2.45, 2.75) is 9.79 Å². The molecule has 0 radical (unpaired) electrons. The molecule has 0 amide bonds. The van der Waals surface area contributed by atoms with Crippen LogP contribution in [0.1, 0.15) is 5.56 Å². The quantitative estimate of drug-likeness (QED) is 0.263. The number of allylic oxidation sites excluding steroid dienone is 1. The van der Waals surface area contributed by atoms with Crippen LogP contribution in [-0.4, -0.2) is 6.54 Å². The summed E-state index contributed by atoms with van der Waals surface area (Å²) in [5.74, 6) is 0. The molecule has 2 heterocycles. The van der Waals surface area contributed by atoms with Crippen LogP contribution in [0.5, 0.6) is 0 Å². The van der Waals surface area contributed by atoms with Gasteiger partial charge >= 0.3 is 0 Å². The van der Waals surface area contributed by atoms with Crippen LogP contribution < -0.4 is 20.7 Å². The summed E-state index contributed by atoms with van der Waals surface area (Å²) in [6, 6.07) is 41.5. The first-order valence-electron chi connectivity index (χ1n) is 12.9. The molecule has 182 valence electrons. The van der Waals surface area contributed by atoms with Gasteiger partial charge in [0.1, 0.15) is 0 Å². The Morgan fingerprint density at radius 1 is 0.711 bits per heavy atom. The standard InChI is InChI=1S/C35H26N2S/c1-2-10-24-11-6-7-14-28(24)30-23-36-31-19-17-25(21-29(30)31)26-18-20-35-33(22-26)37(27-12-4-3-5-13-27)32-15-8-9-16-34(32)38-35/h2-22,36H,1,23H2/b24-10-,30-28+. The molecule has 7 rings (SSSR count). The monoisotopic (exact) mass is 506 g/mol. The maximum absolute atomic E-state index is 3.91. The molecule has 0 unspecified atom stereocenters. The van der Waals surface area contributed by atoms with E-state index >= 15 is 0 Å². The molecular weight excluding hydrogens is 480 g/mol. The summed E-state index contributed by atoms with van der Waals surface area (Å²) >= 11 is 1.84. The van der Waals surface area contributed by atoms with Crippen molar-refractivity contribution in [3.05, 3.63) is 144 Å². The maximum Gasteiger partial charge on any atom is 0.0607 e. The predicted molar refractivity (Wildman–Crippen MR) is 162 cm³/mol. The molecule has 0 atom stereocenters. The Balaban J connectivity index is 1.38. The van der Waals surface area contributed by atoms with Crippen molar-refractivity contribution in [1.82, 2.24) is 0 Å². The first-order valence-corrected chi connectivity index (χ1v) is 13.7. The molecule has 0 aromatic heterocycles. The summed E-state index contributed by atoms with van der Waals surface area (Å²) in [7, 11) is 0. The fraction of sp³-hybridized carbons (Fsp3) is 0.0286. The van der Waals surface area contributed by atoms with E-state index in [-0.39, 0.29) is 0 Å². The number of hydrogen-bond acceptors (Lipinski definition) is 3. The number of benzene rings is 5. The van der Waals surface area contributed by atoms with E-state index in [1.165, 1.54) is 65.2 Å². The lowest BCUT2D eigenvalue weighted by molar-refractivity contribution is 1.17. The Bertz CT molecular complexity index is 1820. The van der Waals surface area contributed by atoms with Crippen LogP contribution in [0.25, 0.3) is 22.8 Å². The van der Waals surface area contributed by atoms with Crippen LogP contribution in [-0.2, 0) is 0 Å². The Kier molecular flexibility index (Phi) is 5.64. The van der Waals surface area contributed by atoms with Crippen molar-refractivity contribution < 1.29 is 0 Å². The molecule has 2 aliphatic heterocycles. The van der Waals surface area contributed by atoms with E-state index in [4.69, 9.17) is 0 Å². The summed E-state index contributed by atoms with van der Waals surface area (Å²) in [5.41, 5.74) is 9.81. The van der Waals surface area contributed by atoms with E-state index in [1.807, 2.05) is 17.8 Å². The molecule has 0 saturated carbocycles. The molecule has 2 aliphatic rings. The van der Waals surface area contributed by atoms with Crippen molar-refractivity contribution in [3.63, 3.8) is 0 Å². The van der Waals surface area contributed by atoms with Crippen molar-refractivity contribution >= 4 is 46.2 Å². The van der Waals surface area contributed by atoms with E-state index in [1.54, 1.807) is 0 Å². The highest BCUT2D eigenvalue weighted by molar-refractivity contribution is 7.99. The molecule has 5 aromatic rings. The lowest BCUT2D eigenvalue weighted by Crippen LogP contribution is -2.27. The molecule has 0 bridgehead atoms. The topological polar surface area (TPSA) is 15.3 Å². The number of rotatable bonds is 3. The Hall–Kier alpha value is -4.47. The van der Waals surface area contributed by atoms with Crippen LogP contribution in [0.4, 0.5) is 22.7 Å². The van der Waals surface area contributed by atoms with Gasteiger partial charge in [-0.2, -0.15) is 0 Å². The van der Waals surface area contributed by atoms with Gasteiger partial charge in [-0.25, -0.2) is 0 Å². The van der Waals surface area contributed by atoms with Crippen molar-refractivity contribution in [2.24, 2.45) is 0 Å². The predicted octanol–water partition coefficient (Wildman–Crippen LogP) is 7.88. The van der Waals surface area contributed by atoms with Crippen molar-refractivity contribution in [2.75, 3.05) is 16.8 Å². The first-order chi connectivity index (χ1) is 18.8. The molecule has 38 heavy (non-hydrogen) atoms. The highest BCUT2D eigenvalue weighted by Gasteiger charge is 2.25. The summed E-state index contributed by atoms with van der Waals surface area (Å²) < 4.78 is 0. The minimum absolute atomic E-state index is 0.820. The van der Waals surface area contributed by atoms with Crippen molar-refractivity contribution in [1.29, 1.82) is 0 Å². The molecule has 0 spiro atoms. The summed E-state index contributed by atoms with van der Waals surface area (Å²) in [6.07, 6.45) is 3.95. The zero-order valence-corrected chi connectivity index (χ0v) is 21.7. The molecule has 2 nitrogen and oxygen atoms in total. The third kappa shape index (κ3) is 3.84. The van der Waals surface area contributed by atoms with Crippen LogP contribution in [0, 0.1) is 0 Å². The number of fused-ring (bicyclic) bond motifs is 3. The number of nitrogens with one attached hydrogen (secondary N) is 1. The highest BCUT2D eigenvalue weighted by Crippen LogP contribution is 2.52. The maximum atomic E-state index is 3.91. The van der Waals surface area contributed by atoms with Gasteiger partial charge in [0.2, 0.25) is 0 Å². The van der Waals surface area contributed by atoms with E-state index < -0.39 is 0 Å². The second-order valence-corrected chi connectivity index (χ2v) is 10.6. The molecule has 0 aliphatic carbocycles. The second-order valence-electron chi connectivity index (χ2n) is 9.51. The van der Waals surface area contributed by atoms with Crippen molar-refractivity contribution in [3.8, 4) is 11.1 Å². The summed E-state index contributed by atoms with van der Waals surface area (Å²) in [5, 5.41) is 6.05. The fourth-order valence-corrected chi connectivity index (χ4v) is 6.52. The lowest BCUT2D eigenvalue weighted by Gasteiger charge is -2.33. The Labute approximate surface area is 227 Å². The average Bonchev–Trinajstić information content (AvgIpc) is 3.40. The highest BCUT2D eigenvalue weighted by atomic mass is 32.2. The fourth-order valence-electron chi connectivity index (χ4n) is 5.48. The normalized spacial score (nSPS) is 15.4. The SMILES string of the molecule is C=C/C=c1/cccc/c1=C1/CNc2ccc(-c3ccc4c(c3)N(c3ccccc3)c3ccccc3S4)cc21. The number of para-hydroxylation sites is 2. The van der Waals surface area contributed by atoms with Gasteiger partial charge in [-0.1, -0.05) is 97.2 Å². The van der Waals surface area contributed by atoms with Crippen LogP contribution in [0.3, 0.4) is 0 Å². The molecule has 3 heteroatoms. The van der Waals surface area contributed by atoms with Gasteiger partial charge in [0.15, 0.2) is 0 Å². The van der Waals surface area contributed by atoms with E-state index in [2.05, 4.69) is 138 Å². The van der Waals surface area contributed by atoms with Gasteiger partial charge in [0.05, 0.1) is 11.4 Å². The van der Waals surface area contributed by atoms with E-state index in [9.17, 15) is 0 Å². The largest absolute Gasteiger partial charge is 0.380 e. The van der Waals surface area contributed by atoms with Crippen LogP contribution >= 0.6 is 11.8 Å². The van der Waals surface area contributed by atoms with Crippen LogP contribution in [0.2, 0.25) is 0 Å². The van der Waals surface area contributed by atoms with Gasteiger partial charge in [0, 0.05) is 33.3 Å². The zero-order valence-electron chi connectivity index (χ0n) is 20.9. The van der Waals surface area contributed by atoms with Gasteiger partial charge in [-0.05, 0) is 75.7 Å². The second kappa shape index (κ2) is 9.44. The minimum atomic E-state index is 0.820. The third-order valence-electron chi connectivity index (χ3n) is 7.26. The number of nitrogens with zero attached hydrogens (tertiary/aromatic N) is 1. The van der Waals surface area contributed by atoms with E-state index in [0.717, 1.165) is 6.54 Å². The Morgan fingerprint density at radius 3 is 2.34 bits per heavy atom. The molecule has 1 N–H and O–H groups in total. The van der Waals surface area contributed by atoms with Gasteiger partial charge in [0.25, 0.3) is 0 Å². The molecule has 5 aromatic carbocycles. The third-order valence-corrected chi connectivity index (χ3v) is 8.39. The molecular formula is C35H26N2S. The first kappa shape index (κ1) is 22.7. The summed E-state index contributed by atoms with van der Waals surface area (Å²) in [4.78, 5) is 4.92. The molecule has 0 fully saturated rings. The lowest BCUT2D eigenvalue weighted by atomic mass is 9.97. The minimum Gasteiger partial charge on any atom is -0.380 e. The number of anilines is 4. The van der Waals surface area contributed by atoms with Gasteiger partial charge < -0.3 is 10.2 Å². The van der Waals surface area contributed by atoms with Crippen LogP contribution in [0.15, 0.2) is 138 Å². The summed E-state index contributed by atoms with van der Waals surface area (Å²) in [6.45, 7) is 4.73. The Morgan fingerprint density at radius 2 is 1.45 bits per heavy atom. The molecule has 0 saturated heterocycles. The number of hydrogen-bond donors (Lipinski definition) is 1.